The quantitative estimate of drug-likeness (QED) is 0.483. The van der Waals surface area contributed by atoms with E-state index in [1.54, 1.807) is 29.2 Å². The average Bonchev–Trinajstić information content (AvgIpc) is 3.15. The molecule has 0 saturated heterocycles. The summed E-state index contributed by atoms with van der Waals surface area (Å²) in [4.78, 5) is 21.7. The highest BCUT2D eigenvalue weighted by molar-refractivity contribution is 7.91. The molecule has 9 heteroatoms. The average molecular weight is 464 g/mol. The van der Waals surface area contributed by atoms with Crippen molar-refractivity contribution in [3.63, 3.8) is 0 Å². The predicted octanol–water partition coefficient (Wildman–Crippen LogP) is 3.76. The minimum atomic E-state index is -3.45. The minimum Gasteiger partial charge on any atom is -0.302 e. The number of hydrogen-bond acceptors (Lipinski definition) is 6. The summed E-state index contributed by atoms with van der Waals surface area (Å²) >= 11 is 1.29. The Hall–Kier alpha value is -2.36. The van der Waals surface area contributed by atoms with Crippen molar-refractivity contribution in [2.45, 2.75) is 25.2 Å². The van der Waals surface area contributed by atoms with Crippen molar-refractivity contribution in [1.82, 2.24) is 9.88 Å². The zero-order valence-corrected chi connectivity index (χ0v) is 19.5. The number of amides is 1. The van der Waals surface area contributed by atoms with Gasteiger partial charge >= 0.3 is 0 Å². The number of hydrogen-bond donors (Lipinski definition) is 0. The zero-order valence-electron chi connectivity index (χ0n) is 17.8. The molecule has 0 spiro atoms. The molecule has 6 nitrogen and oxygen atoms in total. The Morgan fingerprint density at radius 3 is 2.35 bits per heavy atom. The van der Waals surface area contributed by atoms with E-state index in [1.165, 1.54) is 29.5 Å². The van der Waals surface area contributed by atoms with Gasteiger partial charge in [0.15, 0.2) is 15.0 Å². The van der Waals surface area contributed by atoms with Gasteiger partial charge < -0.3 is 4.90 Å². The van der Waals surface area contributed by atoms with Crippen LogP contribution in [-0.4, -0.2) is 56.6 Å². The molecule has 166 valence electrons. The second kappa shape index (κ2) is 9.84. The van der Waals surface area contributed by atoms with Gasteiger partial charge in [0, 0.05) is 19.3 Å². The van der Waals surface area contributed by atoms with E-state index in [4.69, 9.17) is 0 Å². The van der Waals surface area contributed by atoms with Gasteiger partial charge in [-0.25, -0.2) is 17.8 Å². The molecule has 0 fully saturated rings. The van der Waals surface area contributed by atoms with Crippen molar-refractivity contribution >= 4 is 42.4 Å². The lowest BCUT2D eigenvalue weighted by Gasteiger charge is -2.24. The standard InChI is InChI=1S/C22H26FN3O3S2/c1-4-25(5-2)13-14-26(20(27)15-16-9-11-17(23)12-10-16)22-24-21-18(30-22)7-6-8-19(21)31(3,28)29/h6-12H,4-5,13-15H2,1-3H3. The zero-order chi connectivity index (χ0) is 22.6. The summed E-state index contributed by atoms with van der Waals surface area (Å²) in [7, 11) is -3.45. The molecule has 0 saturated carbocycles. The van der Waals surface area contributed by atoms with Crippen molar-refractivity contribution in [3.05, 3.63) is 53.8 Å². The SMILES string of the molecule is CCN(CC)CCN(C(=O)Cc1ccc(F)cc1)c1nc2c(S(C)(=O)=O)cccc2s1. The van der Waals surface area contributed by atoms with E-state index in [0.29, 0.717) is 34.0 Å². The van der Waals surface area contributed by atoms with Crippen molar-refractivity contribution < 1.29 is 17.6 Å². The van der Waals surface area contributed by atoms with Gasteiger partial charge in [-0.3, -0.25) is 9.69 Å². The van der Waals surface area contributed by atoms with Crippen LogP contribution in [0.25, 0.3) is 10.2 Å². The van der Waals surface area contributed by atoms with E-state index >= 15 is 0 Å². The molecule has 1 aromatic heterocycles. The fraction of sp³-hybridized carbons (Fsp3) is 0.364. The third-order valence-electron chi connectivity index (χ3n) is 5.10. The van der Waals surface area contributed by atoms with Crippen LogP contribution < -0.4 is 4.90 Å². The summed E-state index contributed by atoms with van der Waals surface area (Å²) in [6.07, 6.45) is 1.26. The molecule has 0 aliphatic heterocycles. The summed E-state index contributed by atoms with van der Waals surface area (Å²) < 4.78 is 38.3. The molecule has 3 rings (SSSR count). The second-order valence-electron chi connectivity index (χ2n) is 7.25. The molecular weight excluding hydrogens is 437 g/mol. The Kier molecular flexibility index (Phi) is 7.40. The number of aromatic nitrogens is 1. The number of likely N-dealkylation sites (N-methyl/N-ethyl adjacent to an activating group) is 1. The summed E-state index contributed by atoms with van der Waals surface area (Å²) in [5.41, 5.74) is 1.09. The van der Waals surface area contributed by atoms with Gasteiger partial charge in [-0.15, -0.1) is 0 Å². The lowest BCUT2D eigenvalue weighted by atomic mass is 10.1. The number of carbonyl (C=O) groups is 1. The number of nitrogens with zero attached hydrogens (tertiary/aromatic N) is 3. The second-order valence-corrected chi connectivity index (χ2v) is 10.2. The van der Waals surface area contributed by atoms with E-state index in [0.717, 1.165) is 19.3 Å². The van der Waals surface area contributed by atoms with E-state index in [2.05, 4.69) is 23.7 Å². The lowest BCUT2D eigenvalue weighted by molar-refractivity contribution is -0.118. The first-order valence-corrected chi connectivity index (χ1v) is 12.8. The lowest BCUT2D eigenvalue weighted by Crippen LogP contribution is -2.39. The first-order chi connectivity index (χ1) is 14.7. The molecule has 3 aromatic rings. The maximum Gasteiger partial charge on any atom is 0.233 e. The van der Waals surface area contributed by atoms with Crippen LogP contribution in [0.5, 0.6) is 0 Å². The molecule has 0 aliphatic carbocycles. The van der Waals surface area contributed by atoms with E-state index in [1.807, 2.05) is 0 Å². The van der Waals surface area contributed by atoms with Crippen LogP contribution >= 0.6 is 11.3 Å². The highest BCUT2D eigenvalue weighted by Crippen LogP contribution is 2.33. The largest absolute Gasteiger partial charge is 0.302 e. The number of halogens is 1. The van der Waals surface area contributed by atoms with Crippen LogP contribution in [-0.2, 0) is 21.1 Å². The fourth-order valence-corrected chi connectivity index (χ4v) is 5.24. The van der Waals surface area contributed by atoms with Gasteiger partial charge in [-0.1, -0.05) is 43.4 Å². The van der Waals surface area contributed by atoms with Gasteiger partial charge in [0.05, 0.1) is 16.0 Å². The number of carbonyl (C=O) groups excluding carboxylic acids is 1. The number of benzene rings is 2. The van der Waals surface area contributed by atoms with Gasteiger partial charge in [-0.2, -0.15) is 0 Å². The first kappa shape index (κ1) is 23.3. The van der Waals surface area contributed by atoms with Crippen LogP contribution in [0.15, 0.2) is 47.4 Å². The molecule has 1 heterocycles. The molecule has 1 amide bonds. The molecule has 31 heavy (non-hydrogen) atoms. The molecule has 0 aliphatic rings. The van der Waals surface area contributed by atoms with Crippen LogP contribution in [0, 0.1) is 5.82 Å². The highest BCUT2D eigenvalue weighted by atomic mass is 32.2. The molecule has 0 unspecified atom stereocenters. The third-order valence-corrected chi connectivity index (χ3v) is 7.28. The Morgan fingerprint density at radius 2 is 1.74 bits per heavy atom. The normalized spacial score (nSPS) is 11.9. The van der Waals surface area contributed by atoms with E-state index in [-0.39, 0.29) is 23.0 Å². The van der Waals surface area contributed by atoms with Crippen molar-refractivity contribution in [1.29, 1.82) is 0 Å². The minimum absolute atomic E-state index is 0.105. The van der Waals surface area contributed by atoms with Crippen LogP contribution in [0.2, 0.25) is 0 Å². The van der Waals surface area contributed by atoms with Gasteiger partial charge in [0.1, 0.15) is 11.3 Å². The van der Waals surface area contributed by atoms with Crippen LogP contribution in [0.3, 0.4) is 0 Å². The molecule has 0 N–H and O–H groups in total. The molecule has 0 atom stereocenters. The molecule has 2 aromatic carbocycles. The number of rotatable bonds is 9. The third kappa shape index (κ3) is 5.66. The summed E-state index contributed by atoms with van der Waals surface area (Å²) in [5.74, 6) is -0.521. The van der Waals surface area contributed by atoms with Gasteiger partial charge in [-0.05, 0) is 42.9 Å². The fourth-order valence-electron chi connectivity index (χ4n) is 3.31. The predicted molar refractivity (Wildman–Crippen MR) is 123 cm³/mol. The number of fused-ring (bicyclic) bond motifs is 1. The smallest absolute Gasteiger partial charge is 0.233 e. The summed E-state index contributed by atoms with van der Waals surface area (Å²) in [5, 5.41) is 0.463. The Labute approximate surface area is 186 Å². The van der Waals surface area contributed by atoms with Crippen LogP contribution in [0.1, 0.15) is 19.4 Å². The van der Waals surface area contributed by atoms with Crippen LogP contribution in [0.4, 0.5) is 9.52 Å². The van der Waals surface area contributed by atoms with Crippen molar-refractivity contribution in [3.8, 4) is 0 Å². The molecule has 0 bridgehead atoms. The summed E-state index contributed by atoms with van der Waals surface area (Å²) in [6, 6.07) is 10.9. The Balaban J connectivity index is 1.97. The van der Waals surface area contributed by atoms with Crippen molar-refractivity contribution in [2.75, 3.05) is 37.3 Å². The van der Waals surface area contributed by atoms with E-state index in [9.17, 15) is 17.6 Å². The number of para-hydroxylation sites is 1. The first-order valence-electron chi connectivity index (χ1n) is 10.1. The number of thiazole rings is 1. The number of sulfone groups is 1. The Bertz CT molecular complexity index is 1160. The Morgan fingerprint density at radius 1 is 1.06 bits per heavy atom. The summed E-state index contributed by atoms with van der Waals surface area (Å²) in [6.45, 7) is 6.92. The maximum absolute atomic E-state index is 13.2. The monoisotopic (exact) mass is 463 g/mol. The van der Waals surface area contributed by atoms with Gasteiger partial charge in [0.2, 0.25) is 5.91 Å². The maximum atomic E-state index is 13.2. The van der Waals surface area contributed by atoms with E-state index < -0.39 is 9.84 Å². The van der Waals surface area contributed by atoms with Gasteiger partial charge in [0.25, 0.3) is 0 Å². The van der Waals surface area contributed by atoms with Crippen molar-refractivity contribution in [2.24, 2.45) is 0 Å². The number of anilines is 1. The molecular formula is C22H26FN3O3S2. The molecule has 0 radical (unpaired) electrons. The highest BCUT2D eigenvalue weighted by Gasteiger charge is 2.23. The topological polar surface area (TPSA) is 70.6 Å².